The van der Waals surface area contributed by atoms with Crippen molar-refractivity contribution in [2.45, 2.75) is 33.6 Å². The Hall–Kier alpha value is -3.00. The van der Waals surface area contributed by atoms with Crippen LogP contribution in [0, 0.1) is 6.92 Å². The van der Waals surface area contributed by atoms with Crippen molar-refractivity contribution in [2.75, 3.05) is 26.2 Å². The highest BCUT2D eigenvalue weighted by Crippen LogP contribution is 2.19. The maximum Gasteiger partial charge on any atom is 0.273 e. The van der Waals surface area contributed by atoms with Crippen LogP contribution in [0.15, 0.2) is 35.1 Å². The lowest BCUT2D eigenvalue weighted by Crippen LogP contribution is -2.35. The van der Waals surface area contributed by atoms with E-state index in [4.69, 9.17) is 0 Å². The summed E-state index contributed by atoms with van der Waals surface area (Å²) in [6, 6.07) is 9.66. The molecule has 0 aliphatic heterocycles. The normalized spacial score (nSPS) is 11.4. The molecule has 0 aliphatic rings. The molecule has 160 valence electrons. The Kier molecular flexibility index (Phi) is 6.99. The van der Waals surface area contributed by atoms with Gasteiger partial charge in [-0.2, -0.15) is 5.10 Å². The molecule has 0 bridgehead atoms. The van der Waals surface area contributed by atoms with E-state index in [1.807, 2.05) is 37.3 Å². The molecule has 8 heteroatoms. The van der Waals surface area contributed by atoms with Gasteiger partial charge in [0.1, 0.15) is 11.2 Å². The molecule has 30 heavy (non-hydrogen) atoms. The van der Waals surface area contributed by atoms with Crippen molar-refractivity contribution >= 4 is 17.1 Å². The van der Waals surface area contributed by atoms with Crippen LogP contribution in [0.3, 0.4) is 0 Å². The van der Waals surface area contributed by atoms with Crippen LogP contribution in [0.1, 0.15) is 31.7 Å². The van der Waals surface area contributed by atoms with Crippen LogP contribution in [-0.2, 0) is 18.3 Å². The predicted octanol–water partition coefficient (Wildman–Crippen LogP) is 1.82. The van der Waals surface area contributed by atoms with Gasteiger partial charge in [0.05, 0.1) is 11.4 Å². The van der Waals surface area contributed by atoms with Crippen LogP contribution in [0.25, 0.3) is 16.9 Å². The Morgan fingerprint density at radius 2 is 1.87 bits per heavy atom. The quantitative estimate of drug-likeness (QED) is 0.582. The van der Waals surface area contributed by atoms with E-state index < -0.39 is 0 Å². The molecule has 0 fully saturated rings. The highest BCUT2D eigenvalue weighted by atomic mass is 16.1. The minimum Gasteiger partial charge on any atom is -0.355 e. The summed E-state index contributed by atoms with van der Waals surface area (Å²) in [5.41, 5.74) is 3.13. The standard InChI is InChI=1S/C22H30N6O2/c1-5-27(6-2)15-14-23-19(29)13-12-18-22(30)26(4)21-20(24-18)16(3)25-28(21)17-10-8-7-9-11-17/h7-11H,5-6,12-15H2,1-4H3,(H,23,29). The minimum absolute atomic E-state index is 0.0668. The van der Waals surface area contributed by atoms with E-state index in [0.717, 1.165) is 31.0 Å². The summed E-state index contributed by atoms with van der Waals surface area (Å²) < 4.78 is 3.31. The Morgan fingerprint density at radius 3 is 2.53 bits per heavy atom. The smallest absolute Gasteiger partial charge is 0.273 e. The number of hydrogen-bond acceptors (Lipinski definition) is 5. The van der Waals surface area contributed by atoms with E-state index in [1.54, 1.807) is 16.3 Å². The van der Waals surface area contributed by atoms with Crippen LogP contribution in [0.5, 0.6) is 0 Å². The molecule has 2 heterocycles. The fourth-order valence-corrected chi connectivity index (χ4v) is 3.54. The molecule has 0 atom stereocenters. The van der Waals surface area contributed by atoms with Gasteiger partial charge in [-0.3, -0.25) is 14.2 Å². The highest BCUT2D eigenvalue weighted by Gasteiger charge is 2.18. The van der Waals surface area contributed by atoms with Crippen LogP contribution in [0.2, 0.25) is 0 Å². The van der Waals surface area contributed by atoms with Gasteiger partial charge < -0.3 is 10.2 Å². The third kappa shape index (κ3) is 4.59. The number of aryl methyl sites for hydroxylation is 3. The SMILES string of the molecule is CCN(CC)CCNC(=O)CCc1nc2c(C)nn(-c3ccccc3)c2n(C)c1=O. The molecule has 8 nitrogen and oxygen atoms in total. The number of fused-ring (bicyclic) bond motifs is 1. The molecule has 2 aromatic heterocycles. The first-order chi connectivity index (χ1) is 14.5. The van der Waals surface area contributed by atoms with Gasteiger partial charge in [-0.1, -0.05) is 32.0 Å². The number of hydrogen-bond donors (Lipinski definition) is 1. The summed E-state index contributed by atoms with van der Waals surface area (Å²) in [6.45, 7) is 9.43. The van der Waals surface area contributed by atoms with Crippen LogP contribution in [-0.4, -0.2) is 56.3 Å². The number of para-hydroxylation sites is 1. The lowest BCUT2D eigenvalue weighted by molar-refractivity contribution is -0.121. The van der Waals surface area contributed by atoms with Crippen molar-refractivity contribution in [3.05, 3.63) is 52.1 Å². The number of carbonyl (C=O) groups excluding carboxylic acids is 1. The zero-order valence-corrected chi connectivity index (χ0v) is 18.2. The fraction of sp³-hybridized carbons (Fsp3) is 0.455. The number of nitrogens with zero attached hydrogens (tertiary/aromatic N) is 5. The van der Waals surface area contributed by atoms with Crippen LogP contribution in [0.4, 0.5) is 0 Å². The fourth-order valence-electron chi connectivity index (χ4n) is 3.54. The average molecular weight is 411 g/mol. The van der Waals surface area contributed by atoms with Gasteiger partial charge in [0.2, 0.25) is 5.91 Å². The van der Waals surface area contributed by atoms with E-state index in [2.05, 4.69) is 34.1 Å². The second kappa shape index (κ2) is 9.67. The molecular formula is C22H30N6O2. The molecule has 0 saturated heterocycles. The second-order valence-electron chi connectivity index (χ2n) is 7.30. The first kappa shape index (κ1) is 21.7. The first-order valence-corrected chi connectivity index (χ1v) is 10.5. The number of rotatable bonds is 9. The summed E-state index contributed by atoms with van der Waals surface area (Å²) in [4.78, 5) is 31.9. The third-order valence-corrected chi connectivity index (χ3v) is 5.36. The Morgan fingerprint density at radius 1 is 1.17 bits per heavy atom. The maximum atomic E-state index is 12.9. The van der Waals surface area contributed by atoms with Crippen molar-refractivity contribution in [1.29, 1.82) is 0 Å². The lowest BCUT2D eigenvalue weighted by Gasteiger charge is -2.17. The molecule has 1 aromatic carbocycles. The van der Waals surface area contributed by atoms with E-state index in [-0.39, 0.29) is 17.9 Å². The summed E-state index contributed by atoms with van der Waals surface area (Å²) in [5, 5.41) is 7.51. The monoisotopic (exact) mass is 410 g/mol. The van der Waals surface area contributed by atoms with Crippen molar-refractivity contribution in [3.63, 3.8) is 0 Å². The molecule has 0 radical (unpaired) electrons. The molecule has 3 rings (SSSR count). The zero-order valence-electron chi connectivity index (χ0n) is 18.2. The topological polar surface area (TPSA) is 85.1 Å². The summed E-state index contributed by atoms with van der Waals surface area (Å²) >= 11 is 0. The molecule has 0 unspecified atom stereocenters. The molecule has 1 amide bonds. The number of carbonyl (C=O) groups is 1. The van der Waals surface area contributed by atoms with Crippen LogP contribution < -0.4 is 10.9 Å². The molecule has 1 N–H and O–H groups in total. The number of amides is 1. The van der Waals surface area contributed by atoms with Gasteiger partial charge in [0.15, 0.2) is 5.65 Å². The van der Waals surface area contributed by atoms with Crippen molar-refractivity contribution in [3.8, 4) is 5.69 Å². The van der Waals surface area contributed by atoms with Gasteiger partial charge >= 0.3 is 0 Å². The van der Waals surface area contributed by atoms with Crippen LogP contribution >= 0.6 is 0 Å². The van der Waals surface area contributed by atoms with Gasteiger partial charge in [-0.15, -0.1) is 0 Å². The Balaban J connectivity index is 1.77. The van der Waals surface area contributed by atoms with Gasteiger partial charge in [0.25, 0.3) is 5.56 Å². The summed E-state index contributed by atoms with van der Waals surface area (Å²) in [6.07, 6.45) is 0.535. The minimum atomic E-state index is -0.199. The van der Waals surface area contributed by atoms with Crippen molar-refractivity contribution < 1.29 is 4.79 Å². The van der Waals surface area contributed by atoms with E-state index in [9.17, 15) is 9.59 Å². The number of benzene rings is 1. The molecule has 0 aliphatic carbocycles. The van der Waals surface area contributed by atoms with E-state index in [0.29, 0.717) is 29.8 Å². The van der Waals surface area contributed by atoms with E-state index >= 15 is 0 Å². The number of nitrogens with one attached hydrogen (secondary N) is 1. The van der Waals surface area contributed by atoms with Crippen molar-refractivity contribution in [2.24, 2.45) is 7.05 Å². The molecular weight excluding hydrogens is 380 g/mol. The maximum absolute atomic E-state index is 12.9. The first-order valence-electron chi connectivity index (χ1n) is 10.5. The summed E-state index contributed by atoms with van der Waals surface area (Å²) in [7, 11) is 1.72. The molecule has 0 spiro atoms. The Bertz CT molecular complexity index is 1070. The third-order valence-electron chi connectivity index (χ3n) is 5.36. The summed E-state index contributed by atoms with van der Waals surface area (Å²) in [5.74, 6) is -0.0668. The van der Waals surface area contributed by atoms with Gasteiger partial charge in [-0.25, -0.2) is 9.67 Å². The lowest BCUT2D eigenvalue weighted by atomic mass is 10.2. The predicted molar refractivity (Wildman–Crippen MR) is 118 cm³/mol. The Labute approximate surface area is 176 Å². The van der Waals surface area contributed by atoms with E-state index in [1.165, 1.54) is 0 Å². The largest absolute Gasteiger partial charge is 0.355 e. The second-order valence-corrected chi connectivity index (χ2v) is 7.30. The number of likely N-dealkylation sites (N-methyl/N-ethyl adjacent to an activating group) is 1. The van der Waals surface area contributed by atoms with Gasteiger partial charge in [-0.05, 0) is 32.1 Å². The highest BCUT2D eigenvalue weighted by molar-refractivity contribution is 5.77. The van der Waals surface area contributed by atoms with Gasteiger partial charge in [0, 0.05) is 33.0 Å². The number of aromatic nitrogens is 4. The van der Waals surface area contributed by atoms with Crippen molar-refractivity contribution in [1.82, 2.24) is 29.5 Å². The molecule has 3 aromatic rings. The molecule has 0 saturated carbocycles. The zero-order chi connectivity index (χ0) is 21.7. The average Bonchev–Trinajstić information content (AvgIpc) is 3.09.